The van der Waals surface area contributed by atoms with Crippen molar-refractivity contribution in [2.24, 2.45) is 0 Å². The number of alkyl halides is 6. The Balaban J connectivity index is 1.34. The molecule has 1 saturated heterocycles. The molecule has 8 nitrogen and oxygen atoms in total. The Bertz CT molecular complexity index is 1400. The summed E-state index contributed by atoms with van der Waals surface area (Å²) in [7, 11) is 0. The van der Waals surface area contributed by atoms with Crippen LogP contribution in [0.25, 0.3) is 0 Å². The van der Waals surface area contributed by atoms with Crippen molar-refractivity contribution >= 4 is 17.5 Å². The van der Waals surface area contributed by atoms with Crippen LogP contribution < -0.4 is 5.32 Å². The van der Waals surface area contributed by atoms with Crippen LogP contribution in [-0.2, 0) is 12.1 Å². The van der Waals surface area contributed by atoms with Gasteiger partial charge in [0.15, 0.2) is 5.69 Å². The topological polar surface area (TPSA) is 98.9 Å². The first kappa shape index (κ1) is 30.0. The molecule has 0 atom stereocenters. The minimum Gasteiger partial charge on any atom is -0.369 e. The third-order valence-electron chi connectivity index (χ3n) is 6.58. The van der Waals surface area contributed by atoms with E-state index in [-0.39, 0.29) is 36.6 Å². The molecule has 2 N–H and O–H groups in total. The van der Waals surface area contributed by atoms with Crippen LogP contribution in [-0.4, -0.2) is 70.4 Å². The number of nitrogens with one attached hydrogen (secondary N) is 1. The second kappa shape index (κ2) is 11.1. The zero-order chi connectivity index (χ0) is 30.2. The number of carbonyl (C=O) groups excluding carboxylic acids is 2. The summed E-state index contributed by atoms with van der Waals surface area (Å²) in [5.74, 6) is -1.60. The number of anilines is 1. The van der Waals surface area contributed by atoms with Crippen molar-refractivity contribution in [2.75, 3.05) is 31.5 Å². The van der Waals surface area contributed by atoms with E-state index in [2.05, 4.69) is 10.5 Å². The summed E-state index contributed by atoms with van der Waals surface area (Å²) < 4.78 is 98.0. The van der Waals surface area contributed by atoms with Gasteiger partial charge in [0.2, 0.25) is 0 Å². The Morgan fingerprint density at radius 2 is 1.56 bits per heavy atom. The molecule has 1 aliphatic rings. The summed E-state index contributed by atoms with van der Waals surface area (Å²) in [4.78, 5) is 28.4. The second-order valence-corrected chi connectivity index (χ2v) is 9.44. The van der Waals surface area contributed by atoms with Gasteiger partial charge in [-0.25, -0.2) is 4.39 Å². The molecule has 0 bridgehead atoms. The van der Waals surface area contributed by atoms with Crippen molar-refractivity contribution in [2.45, 2.75) is 31.4 Å². The summed E-state index contributed by atoms with van der Waals surface area (Å²) in [5, 5.41) is 15.4. The molecule has 15 heteroatoms. The number of aryl methyl sites for hydroxylation is 1. The lowest BCUT2D eigenvalue weighted by Gasteiger charge is -2.35. The molecule has 0 aliphatic carbocycles. The lowest BCUT2D eigenvalue weighted by atomic mass is 9.91. The molecule has 2 amide bonds. The van der Waals surface area contributed by atoms with E-state index in [0.717, 1.165) is 18.2 Å². The number of benzene rings is 2. The summed E-state index contributed by atoms with van der Waals surface area (Å²) in [6, 6.07) is 8.28. The molecule has 220 valence electrons. The van der Waals surface area contributed by atoms with E-state index in [4.69, 9.17) is 4.52 Å². The SMILES string of the molecule is Cc1cc(C(=O)Nc2ccc(C(=O)N3CCN(Cc4ccc(C(O)(C(F)(F)F)C(F)(F)F)cc4)CC3)cc2F)no1. The van der Waals surface area contributed by atoms with Gasteiger partial charge in [0, 0.05) is 49.9 Å². The maximum Gasteiger partial charge on any atom is 0.430 e. The summed E-state index contributed by atoms with van der Waals surface area (Å²) >= 11 is 0. The molecule has 4 rings (SSSR count). The molecular weight excluding hydrogens is 565 g/mol. The van der Waals surface area contributed by atoms with Crippen molar-refractivity contribution in [1.82, 2.24) is 15.0 Å². The van der Waals surface area contributed by atoms with E-state index >= 15 is 0 Å². The fourth-order valence-electron chi connectivity index (χ4n) is 4.30. The number of halogens is 7. The zero-order valence-electron chi connectivity index (χ0n) is 21.3. The Morgan fingerprint density at radius 3 is 2.07 bits per heavy atom. The van der Waals surface area contributed by atoms with Gasteiger partial charge in [0.25, 0.3) is 17.4 Å². The summed E-state index contributed by atoms with van der Waals surface area (Å²) in [5.41, 5.74) is -6.09. The molecule has 1 aromatic heterocycles. The zero-order valence-corrected chi connectivity index (χ0v) is 21.3. The highest BCUT2D eigenvalue weighted by Gasteiger charge is 2.71. The standard InChI is InChI=1S/C26H23F7N4O4/c1-15-12-21(35-41-15)22(38)34-20-7-4-17(13-19(20)27)23(39)37-10-8-36(9-11-37)14-16-2-5-18(6-3-16)24(40,25(28,29)30)26(31,32)33/h2-7,12-13,40H,8-11,14H2,1H3,(H,34,38). The Morgan fingerprint density at radius 1 is 0.951 bits per heavy atom. The van der Waals surface area contributed by atoms with Crippen molar-refractivity contribution in [1.29, 1.82) is 0 Å². The van der Waals surface area contributed by atoms with E-state index in [1.54, 1.807) is 6.92 Å². The lowest BCUT2D eigenvalue weighted by Crippen LogP contribution is -2.53. The van der Waals surface area contributed by atoms with E-state index in [0.29, 0.717) is 36.5 Å². The monoisotopic (exact) mass is 588 g/mol. The van der Waals surface area contributed by atoms with Gasteiger partial charge in [0.05, 0.1) is 5.69 Å². The number of carbonyl (C=O) groups is 2. The van der Waals surface area contributed by atoms with Crippen LogP contribution >= 0.6 is 0 Å². The molecule has 3 aromatic rings. The van der Waals surface area contributed by atoms with Crippen LogP contribution in [0.3, 0.4) is 0 Å². The highest BCUT2D eigenvalue weighted by atomic mass is 19.4. The number of rotatable bonds is 6. The Labute approximate surface area is 228 Å². The Hall–Kier alpha value is -3.98. The third-order valence-corrected chi connectivity index (χ3v) is 6.58. The summed E-state index contributed by atoms with van der Waals surface area (Å²) in [6.07, 6.45) is -11.9. The quantitative estimate of drug-likeness (QED) is 0.407. The number of amides is 2. The molecule has 0 radical (unpaired) electrons. The van der Waals surface area contributed by atoms with Crippen LogP contribution in [0, 0.1) is 12.7 Å². The van der Waals surface area contributed by atoms with Crippen LogP contribution in [0.5, 0.6) is 0 Å². The number of hydrogen-bond donors (Lipinski definition) is 2. The van der Waals surface area contributed by atoms with Crippen LogP contribution in [0.15, 0.2) is 53.1 Å². The first-order valence-corrected chi connectivity index (χ1v) is 12.1. The van der Waals surface area contributed by atoms with E-state index in [1.165, 1.54) is 23.1 Å². The maximum absolute atomic E-state index is 14.6. The number of piperazine rings is 1. The van der Waals surface area contributed by atoms with Gasteiger partial charge >= 0.3 is 12.4 Å². The minimum atomic E-state index is -5.97. The fourth-order valence-corrected chi connectivity index (χ4v) is 4.30. The van der Waals surface area contributed by atoms with Crippen molar-refractivity contribution in [3.63, 3.8) is 0 Å². The van der Waals surface area contributed by atoms with Crippen LogP contribution in [0.2, 0.25) is 0 Å². The number of hydrogen-bond acceptors (Lipinski definition) is 6. The summed E-state index contributed by atoms with van der Waals surface area (Å²) in [6.45, 7) is 2.87. The van der Waals surface area contributed by atoms with Gasteiger partial charge in [0.1, 0.15) is 11.6 Å². The molecule has 1 fully saturated rings. The number of aliphatic hydroxyl groups is 1. The average Bonchev–Trinajstić information content (AvgIpc) is 3.35. The van der Waals surface area contributed by atoms with Gasteiger partial charge in [-0.1, -0.05) is 29.4 Å². The van der Waals surface area contributed by atoms with E-state index in [1.807, 2.05) is 4.90 Å². The lowest BCUT2D eigenvalue weighted by molar-refractivity contribution is -0.376. The Kier molecular flexibility index (Phi) is 8.14. The van der Waals surface area contributed by atoms with Gasteiger partial charge < -0.3 is 19.8 Å². The number of nitrogens with zero attached hydrogens (tertiary/aromatic N) is 3. The number of aromatic nitrogens is 1. The van der Waals surface area contributed by atoms with Gasteiger partial charge in [-0.2, -0.15) is 26.3 Å². The van der Waals surface area contributed by atoms with Gasteiger partial charge in [-0.3, -0.25) is 14.5 Å². The molecule has 0 spiro atoms. The predicted octanol–water partition coefficient (Wildman–Crippen LogP) is 4.64. The predicted molar refractivity (Wildman–Crippen MR) is 129 cm³/mol. The molecule has 41 heavy (non-hydrogen) atoms. The van der Waals surface area contributed by atoms with Crippen molar-refractivity contribution in [3.8, 4) is 0 Å². The van der Waals surface area contributed by atoms with Gasteiger partial charge in [-0.15, -0.1) is 0 Å². The molecular formula is C26H23F7N4O4. The molecule has 2 aromatic carbocycles. The smallest absolute Gasteiger partial charge is 0.369 e. The first-order valence-electron chi connectivity index (χ1n) is 12.1. The normalized spacial score (nSPS) is 15.2. The highest BCUT2D eigenvalue weighted by molar-refractivity contribution is 6.03. The van der Waals surface area contributed by atoms with Crippen LogP contribution in [0.4, 0.5) is 36.4 Å². The van der Waals surface area contributed by atoms with Crippen molar-refractivity contribution < 1.29 is 50.0 Å². The maximum atomic E-state index is 14.6. The second-order valence-electron chi connectivity index (χ2n) is 9.44. The van der Waals surface area contributed by atoms with Crippen LogP contribution in [0.1, 0.15) is 37.7 Å². The largest absolute Gasteiger partial charge is 0.430 e. The van der Waals surface area contributed by atoms with E-state index in [9.17, 15) is 45.4 Å². The molecule has 2 heterocycles. The molecule has 1 aliphatic heterocycles. The van der Waals surface area contributed by atoms with Gasteiger partial charge in [-0.05, 0) is 30.7 Å². The first-order chi connectivity index (χ1) is 19.1. The average molecular weight is 588 g/mol. The minimum absolute atomic E-state index is 0.0417. The third kappa shape index (κ3) is 6.20. The molecule has 0 unspecified atom stereocenters. The van der Waals surface area contributed by atoms with Crippen molar-refractivity contribution in [3.05, 3.63) is 82.5 Å². The van der Waals surface area contributed by atoms with E-state index < -0.39 is 41.1 Å². The highest BCUT2D eigenvalue weighted by Crippen LogP contribution is 2.50. The fraction of sp³-hybridized carbons (Fsp3) is 0.346. The molecule has 0 saturated carbocycles.